The van der Waals surface area contributed by atoms with Crippen LogP contribution in [-0.2, 0) is 17.7 Å². The Morgan fingerprint density at radius 3 is 3.25 bits per heavy atom. The molecule has 0 spiro atoms. The van der Waals surface area contributed by atoms with Gasteiger partial charge in [0.1, 0.15) is 0 Å². The third-order valence-electron chi connectivity index (χ3n) is 4.01. The molecule has 7 nitrogen and oxygen atoms in total. The molecule has 0 amide bonds. The first-order valence-electron chi connectivity index (χ1n) is 7.06. The molecule has 2 atom stereocenters. The number of nitrogens with zero attached hydrogens (tertiary/aromatic N) is 3. The van der Waals surface area contributed by atoms with Gasteiger partial charge in [0.05, 0.1) is 30.4 Å². The zero-order valence-corrected chi connectivity index (χ0v) is 11.1. The highest BCUT2D eigenvalue weighted by Crippen LogP contribution is 2.26. The van der Waals surface area contributed by atoms with E-state index < -0.39 is 0 Å². The molecule has 2 unspecified atom stereocenters. The van der Waals surface area contributed by atoms with Crippen molar-refractivity contribution in [2.24, 2.45) is 0 Å². The Balaban J connectivity index is 1.51. The van der Waals surface area contributed by atoms with Crippen molar-refractivity contribution in [1.29, 1.82) is 0 Å². The summed E-state index contributed by atoms with van der Waals surface area (Å²) in [6.07, 6.45) is 4.64. The summed E-state index contributed by atoms with van der Waals surface area (Å²) in [6, 6.07) is 0.0524. The fourth-order valence-corrected chi connectivity index (χ4v) is 2.84. The van der Waals surface area contributed by atoms with Crippen LogP contribution < -0.4 is 5.32 Å². The van der Waals surface area contributed by atoms with E-state index in [1.54, 1.807) is 6.33 Å². The Morgan fingerprint density at radius 2 is 2.35 bits per heavy atom. The second kappa shape index (κ2) is 4.99. The fraction of sp³-hybridized carbons (Fsp3) is 0.615. The van der Waals surface area contributed by atoms with Crippen molar-refractivity contribution in [3.63, 3.8) is 0 Å². The molecule has 2 N–H and O–H groups in total. The quantitative estimate of drug-likeness (QED) is 0.852. The molecule has 7 heteroatoms. The van der Waals surface area contributed by atoms with E-state index in [1.807, 2.05) is 0 Å². The lowest BCUT2D eigenvalue weighted by Gasteiger charge is -2.20. The summed E-state index contributed by atoms with van der Waals surface area (Å²) in [5.74, 6) is 1.69. The van der Waals surface area contributed by atoms with E-state index in [-0.39, 0.29) is 12.0 Å². The molecule has 0 bridgehead atoms. The maximum atomic E-state index is 5.48. The molecule has 0 radical (unpaired) electrons. The predicted molar refractivity (Wildman–Crippen MR) is 69.0 cm³/mol. The van der Waals surface area contributed by atoms with Gasteiger partial charge in [-0.1, -0.05) is 5.16 Å². The Kier molecular flexibility index (Phi) is 3.00. The third kappa shape index (κ3) is 2.12. The van der Waals surface area contributed by atoms with Crippen LogP contribution in [0.4, 0.5) is 0 Å². The average molecular weight is 275 g/mol. The van der Waals surface area contributed by atoms with E-state index in [9.17, 15) is 0 Å². The summed E-state index contributed by atoms with van der Waals surface area (Å²) >= 11 is 0. The molecular weight excluding hydrogens is 258 g/mol. The minimum absolute atomic E-state index is 0.0524. The third-order valence-corrected chi connectivity index (χ3v) is 4.01. The Bertz CT molecular complexity index is 587. The molecule has 0 aromatic carbocycles. The first-order valence-corrected chi connectivity index (χ1v) is 7.06. The van der Waals surface area contributed by atoms with Crippen LogP contribution in [0, 0.1) is 0 Å². The highest BCUT2D eigenvalue weighted by atomic mass is 16.5. The fourth-order valence-electron chi connectivity index (χ4n) is 2.84. The number of hydrogen-bond acceptors (Lipinski definition) is 6. The number of rotatable bonds is 2. The smallest absolute Gasteiger partial charge is 0.244 e. The number of imidazole rings is 1. The van der Waals surface area contributed by atoms with E-state index in [0.29, 0.717) is 12.5 Å². The summed E-state index contributed by atoms with van der Waals surface area (Å²) in [5.41, 5.74) is 2.22. The van der Waals surface area contributed by atoms with Gasteiger partial charge in [-0.2, -0.15) is 4.98 Å². The second-order valence-corrected chi connectivity index (χ2v) is 5.37. The van der Waals surface area contributed by atoms with Crippen LogP contribution in [0.3, 0.4) is 0 Å². The topological polar surface area (TPSA) is 88.9 Å². The van der Waals surface area contributed by atoms with Crippen molar-refractivity contribution in [1.82, 2.24) is 25.4 Å². The number of fused-ring (bicyclic) bond motifs is 1. The lowest BCUT2D eigenvalue weighted by Crippen LogP contribution is -2.29. The minimum Gasteiger partial charge on any atom is -0.381 e. The predicted octanol–water partition coefficient (Wildman–Crippen LogP) is 1.07. The maximum Gasteiger partial charge on any atom is 0.244 e. The standard InChI is InChI=1S/C13H17N5O2/c1-2-8(6-19-3-1)12-17-13(20-18-12)10-4-9-11(5-14-10)16-7-15-9/h7-8,10,14H,1-6H2,(H,15,16). The van der Waals surface area contributed by atoms with Gasteiger partial charge in [-0.25, -0.2) is 4.98 Å². The van der Waals surface area contributed by atoms with Crippen LogP contribution in [0.25, 0.3) is 0 Å². The number of H-pyrrole nitrogens is 1. The Labute approximate surface area is 116 Å². The molecule has 0 aliphatic carbocycles. The van der Waals surface area contributed by atoms with Crippen LogP contribution in [0.2, 0.25) is 0 Å². The molecule has 106 valence electrons. The van der Waals surface area contributed by atoms with E-state index in [0.717, 1.165) is 49.6 Å². The lowest BCUT2D eigenvalue weighted by molar-refractivity contribution is 0.0773. The molecule has 20 heavy (non-hydrogen) atoms. The SMILES string of the molecule is c1nc2c([nH]1)CNC(c1nc(C3CCCOC3)no1)C2. The summed E-state index contributed by atoms with van der Waals surface area (Å²) in [7, 11) is 0. The van der Waals surface area contributed by atoms with Gasteiger partial charge in [-0.3, -0.25) is 5.32 Å². The van der Waals surface area contributed by atoms with Crippen LogP contribution in [0.5, 0.6) is 0 Å². The zero-order chi connectivity index (χ0) is 13.4. The lowest BCUT2D eigenvalue weighted by atomic mass is 10.0. The van der Waals surface area contributed by atoms with Crippen molar-refractivity contribution in [3.8, 4) is 0 Å². The average Bonchev–Trinajstić information content (AvgIpc) is 3.16. The zero-order valence-electron chi connectivity index (χ0n) is 11.1. The van der Waals surface area contributed by atoms with Gasteiger partial charge in [-0.05, 0) is 12.8 Å². The number of nitrogens with one attached hydrogen (secondary N) is 2. The van der Waals surface area contributed by atoms with Gasteiger partial charge in [-0.15, -0.1) is 0 Å². The normalized spacial score (nSPS) is 26.4. The summed E-state index contributed by atoms with van der Waals surface area (Å²) in [6.45, 7) is 2.29. The van der Waals surface area contributed by atoms with Crippen LogP contribution >= 0.6 is 0 Å². The van der Waals surface area contributed by atoms with Crippen molar-refractivity contribution >= 4 is 0 Å². The number of aromatic amines is 1. The molecule has 4 rings (SSSR count). The van der Waals surface area contributed by atoms with Gasteiger partial charge in [0.2, 0.25) is 5.89 Å². The number of hydrogen-bond donors (Lipinski definition) is 2. The van der Waals surface area contributed by atoms with Crippen molar-refractivity contribution in [2.45, 2.75) is 37.8 Å². The maximum absolute atomic E-state index is 5.48. The molecular formula is C13H17N5O2. The molecule has 1 saturated heterocycles. The molecule has 2 aromatic heterocycles. The van der Waals surface area contributed by atoms with Crippen LogP contribution in [0.1, 0.15) is 47.9 Å². The van der Waals surface area contributed by atoms with Crippen molar-refractivity contribution in [3.05, 3.63) is 29.4 Å². The summed E-state index contributed by atoms with van der Waals surface area (Å²) in [5, 5.41) is 7.52. The summed E-state index contributed by atoms with van der Waals surface area (Å²) < 4.78 is 10.9. The van der Waals surface area contributed by atoms with Gasteiger partial charge < -0.3 is 14.2 Å². The van der Waals surface area contributed by atoms with E-state index >= 15 is 0 Å². The Morgan fingerprint density at radius 1 is 1.35 bits per heavy atom. The monoisotopic (exact) mass is 275 g/mol. The minimum atomic E-state index is 0.0524. The van der Waals surface area contributed by atoms with Crippen LogP contribution in [0.15, 0.2) is 10.9 Å². The van der Waals surface area contributed by atoms with Gasteiger partial charge in [0.15, 0.2) is 5.82 Å². The largest absolute Gasteiger partial charge is 0.381 e. The molecule has 1 fully saturated rings. The highest BCUT2D eigenvalue weighted by Gasteiger charge is 2.28. The molecule has 0 saturated carbocycles. The van der Waals surface area contributed by atoms with E-state index in [4.69, 9.17) is 9.26 Å². The van der Waals surface area contributed by atoms with Crippen LogP contribution in [-0.4, -0.2) is 33.3 Å². The highest BCUT2D eigenvalue weighted by molar-refractivity contribution is 5.17. The Hall–Kier alpha value is -1.73. The first kappa shape index (κ1) is 12.0. The van der Waals surface area contributed by atoms with Gasteiger partial charge in [0, 0.05) is 25.5 Å². The van der Waals surface area contributed by atoms with E-state index in [1.165, 1.54) is 0 Å². The summed E-state index contributed by atoms with van der Waals surface area (Å²) in [4.78, 5) is 12.0. The molecule has 2 aliphatic heterocycles. The number of aromatic nitrogens is 4. The molecule has 2 aromatic rings. The first-order chi connectivity index (χ1) is 9.90. The van der Waals surface area contributed by atoms with Crippen molar-refractivity contribution < 1.29 is 9.26 Å². The van der Waals surface area contributed by atoms with Gasteiger partial charge in [0.25, 0.3) is 0 Å². The van der Waals surface area contributed by atoms with Crippen molar-refractivity contribution in [2.75, 3.05) is 13.2 Å². The molecule has 4 heterocycles. The van der Waals surface area contributed by atoms with Gasteiger partial charge >= 0.3 is 0 Å². The number of ether oxygens (including phenoxy) is 1. The second-order valence-electron chi connectivity index (χ2n) is 5.37. The molecule has 2 aliphatic rings. The van der Waals surface area contributed by atoms with E-state index in [2.05, 4.69) is 25.4 Å².